The molecule has 1 aromatic heterocycles. The normalized spacial score (nSPS) is 12.9. The maximum atomic E-state index is 11.8. The predicted molar refractivity (Wildman–Crippen MR) is 83.5 cm³/mol. The fraction of sp³-hybridized carbons (Fsp3) is 0.250. The van der Waals surface area contributed by atoms with E-state index in [0.29, 0.717) is 19.4 Å². The van der Waals surface area contributed by atoms with Crippen LogP contribution in [0.1, 0.15) is 16.0 Å². The molecule has 0 saturated carbocycles. The molecule has 0 aliphatic carbocycles. The summed E-state index contributed by atoms with van der Waals surface area (Å²) in [5.74, 6) is 0.0989. The Morgan fingerprint density at radius 1 is 1.33 bits per heavy atom. The Bertz CT molecular complexity index is 665. The van der Waals surface area contributed by atoms with Crippen LogP contribution in [0, 0.1) is 0 Å². The molecule has 2 heterocycles. The molecule has 1 aliphatic rings. The van der Waals surface area contributed by atoms with E-state index in [1.807, 2.05) is 35.7 Å². The molecule has 0 unspecified atom stereocenters. The number of carbonyl (C=O) groups excluding carboxylic acids is 2. The van der Waals surface area contributed by atoms with Crippen LogP contribution in [0.15, 0.2) is 35.7 Å². The molecular formula is C16H16N2O2S. The first kappa shape index (κ1) is 13.8. The van der Waals surface area contributed by atoms with Crippen molar-refractivity contribution in [3.8, 4) is 0 Å². The van der Waals surface area contributed by atoms with Crippen molar-refractivity contribution in [3.63, 3.8) is 0 Å². The Hall–Kier alpha value is -2.14. The highest BCUT2D eigenvalue weighted by atomic mass is 32.1. The van der Waals surface area contributed by atoms with Gasteiger partial charge in [-0.1, -0.05) is 18.2 Å². The zero-order chi connectivity index (χ0) is 14.7. The van der Waals surface area contributed by atoms with E-state index >= 15 is 0 Å². The first-order chi connectivity index (χ1) is 10.2. The van der Waals surface area contributed by atoms with Gasteiger partial charge in [-0.3, -0.25) is 9.59 Å². The summed E-state index contributed by atoms with van der Waals surface area (Å²) in [7, 11) is 0. The van der Waals surface area contributed by atoms with E-state index in [2.05, 4.69) is 10.6 Å². The molecule has 3 rings (SSSR count). The molecule has 1 aromatic carbocycles. The molecule has 5 heteroatoms. The fourth-order valence-electron chi connectivity index (χ4n) is 2.42. The molecule has 0 bridgehead atoms. The van der Waals surface area contributed by atoms with Crippen molar-refractivity contribution >= 4 is 28.8 Å². The molecule has 21 heavy (non-hydrogen) atoms. The molecule has 1 aliphatic heterocycles. The number of anilines is 1. The van der Waals surface area contributed by atoms with Gasteiger partial charge in [-0.05, 0) is 35.1 Å². The third-order valence-corrected chi connectivity index (χ3v) is 4.32. The Kier molecular flexibility index (Phi) is 4.01. The minimum atomic E-state index is 0.0476. The standard InChI is InChI=1S/C16H16N2O2S/c19-15(10-13-2-1-7-21-13)17-6-5-11-3-4-14-12(8-11)9-16(20)18-14/h1-4,7-8H,5-6,9-10H2,(H,17,19)(H,18,20). The van der Waals surface area contributed by atoms with E-state index in [1.165, 1.54) is 0 Å². The topological polar surface area (TPSA) is 58.2 Å². The van der Waals surface area contributed by atoms with Gasteiger partial charge in [-0.25, -0.2) is 0 Å². The highest BCUT2D eigenvalue weighted by Crippen LogP contribution is 2.23. The van der Waals surface area contributed by atoms with Gasteiger partial charge in [0, 0.05) is 17.1 Å². The van der Waals surface area contributed by atoms with Crippen LogP contribution in [0.4, 0.5) is 5.69 Å². The zero-order valence-corrected chi connectivity index (χ0v) is 12.3. The molecule has 0 fully saturated rings. The lowest BCUT2D eigenvalue weighted by Crippen LogP contribution is -2.26. The van der Waals surface area contributed by atoms with Crippen molar-refractivity contribution in [2.24, 2.45) is 0 Å². The van der Waals surface area contributed by atoms with Crippen molar-refractivity contribution in [2.75, 3.05) is 11.9 Å². The number of amides is 2. The summed E-state index contributed by atoms with van der Waals surface area (Å²) in [6.07, 6.45) is 1.67. The maximum Gasteiger partial charge on any atom is 0.228 e. The van der Waals surface area contributed by atoms with Gasteiger partial charge >= 0.3 is 0 Å². The fourth-order valence-corrected chi connectivity index (χ4v) is 3.12. The quantitative estimate of drug-likeness (QED) is 0.889. The van der Waals surface area contributed by atoms with Gasteiger partial charge < -0.3 is 10.6 Å². The Balaban J connectivity index is 1.48. The number of fused-ring (bicyclic) bond motifs is 1. The van der Waals surface area contributed by atoms with E-state index in [0.717, 1.165) is 28.1 Å². The van der Waals surface area contributed by atoms with Gasteiger partial charge in [0.15, 0.2) is 0 Å². The van der Waals surface area contributed by atoms with Crippen molar-refractivity contribution < 1.29 is 9.59 Å². The van der Waals surface area contributed by atoms with Crippen molar-refractivity contribution in [3.05, 3.63) is 51.7 Å². The molecule has 2 aromatic rings. The lowest BCUT2D eigenvalue weighted by Gasteiger charge is -2.06. The molecule has 0 atom stereocenters. The summed E-state index contributed by atoms with van der Waals surface area (Å²) in [5.41, 5.74) is 3.09. The van der Waals surface area contributed by atoms with Gasteiger partial charge in [0.2, 0.25) is 11.8 Å². The summed E-state index contributed by atoms with van der Waals surface area (Å²) >= 11 is 1.60. The van der Waals surface area contributed by atoms with Crippen LogP contribution in [-0.4, -0.2) is 18.4 Å². The second kappa shape index (κ2) is 6.10. The second-order valence-corrected chi connectivity index (χ2v) is 6.10. The van der Waals surface area contributed by atoms with Gasteiger partial charge in [-0.2, -0.15) is 0 Å². The zero-order valence-electron chi connectivity index (χ0n) is 11.5. The summed E-state index contributed by atoms with van der Waals surface area (Å²) in [4.78, 5) is 24.1. The van der Waals surface area contributed by atoms with Crippen LogP contribution >= 0.6 is 11.3 Å². The minimum absolute atomic E-state index is 0.0476. The van der Waals surface area contributed by atoms with Crippen molar-refractivity contribution in [1.29, 1.82) is 0 Å². The Morgan fingerprint density at radius 2 is 2.24 bits per heavy atom. The number of benzene rings is 1. The lowest BCUT2D eigenvalue weighted by atomic mass is 10.1. The molecule has 0 radical (unpaired) electrons. The SMILES string of the molecule is O=C(Cc1cccs1)NCCc1ccc2c(c1)CC(=O)N2. The van der Waals surface area contributed by atoms with Crippen molar-refractivity contribution in [1.82, 2.24) is 5.32 Å². The number of carbonyl (C=O) groups is 2. The van der Waals surface area contributed by atoms with E-state index < -0.39 is 0 Å². The molecule has 108 valence electrons. The average molecular weight is 300 g/mol. The van der Waals surface area contributed by atoms with Gasteiger partial charge in [0.05, 0.1) is 12.8 Å². The highest BCUT2D eigenvalue weighted by Gasteiger charge is 2.17. The second-order valence-electron chi connectivity index (χ2n) is 5.07. The molecule has 0 saturated heterocycles. The summed E-state index contributed by atoms with van der Waals surface area (Å²) in [5, 5.41) is 7.72. The number of thiophene rings is 1. The smallest absolute Gasteiger partial charge is 0.228 e. The predicted octanol–water partition coefficient (Wildman–Crippen LogP) is 2.14. The maximum absolute atomic E-state index is 11.8. The first-order valence-electron chi connectivity index (χ1n) is 6.91. The number of nitrogens with one attached hydrogen (secondary N) is 2. The van der Waals surface area contributed by atoms with Gasteiger partial charge in [-0.15, -0.1) is 11.3 Å². The van der Waals surface area contributed by atoms with E-state index in [4.69, 9.17) is 0 Å². The highest BCUT2D eigenvalue weighted by molar-refractivity contribution is 7.10. The average Bonchev–Trinajstić information content (AvgIpc) is 3.06. The van der Waals surface area contributed by atoms with Crippen LogP contribution in [0.25, 0.3) is 0 Å². The monoisotopic (exact) mass is 300 g/mol. The van der Waals surface area contributed by atoms with Crippen LogP contribution < -0.4 is 10.6 Å². The summed E-state index contributed by atoms with van der Waals surface area (Å²) in [6.45, 7) is 0.615. The Morgan fingerprint density at radius 3 is 3.05 bits per heavy atom. The largest absolute Gasteiger partial charge is 0.355 e. The molecular weight excluding hydrogens is 284 g/mol. The van der Waals surface area contributed by atoms with E-state index in [1.54, 1.807) is 11.3 Å². The van der Waals surface area contributed by atoms with Crippen molar-refractivity contribution in [2.45, 2.75) is 19.3 Å². The molecule has 2 N–H and O–H groups in total. The lowest BCUT2D eigenvalue weighted by molar-refractivity contribution is -0.120. The van der Waals surface area contributed by atoms with Crippen LogP contribution in [0.5, 0.6) is 0 Å². The third-order valence-electron chi connectivity index (χ3n) is 3.45. The minimum Gasteiger partial charge on any atom is -0.355 e. The first-order valence-corrected chi connectivity index (χ1v) is 7.79. The van der Waals surface area contributed by atoms with E-state index in [9.17, 15) is 9.59 Å². The summed E-state index contributed by atoms with van der Waals surface area (Å²) in [6, 6.07) is 9.89. The van der Waals surface area contributed by atoms with Crippen LogP contribution in [-0.2, 0) is 28.9 Å². The Labute approximate surface area is 127 Å². The van der Waals surface area contributed by atoms with Gasteiger partial charge in [0.25, 0.3) is 0 Å². The van der Waals surface area contributed by atoms with E-state index in [-0.39, 0.29) is 11.8 Å². The molecule has 2 amide bonds. The number of hydrogen-bond acceptors (Lipinski definition) is 3. The molecule has 0 spiro atoms. The molecule has 4 nitrogen and oxygen atoms in total. The van der Waals surface area contributed by atoms with Crippen LogP contribution in [0.2, 0.25) is 0 Å². The number of rotatable bonds is 5. The third kappa shape index (κ3) is 3.49. The van der Waals surface area contributed by atoms with Gasteiger partial charge in [0.1, 0.15) is 0 Å². The van der Waals surface area contributed by atoms with Crippen LogP contribution in [0.3, 0.4) is 0 Å². The number of hydrogen-bond donors (Lipinski definition) is 2. The summed E-state index contributed by atoms with van der Waals surface area (Å²) < 4.78 is 0.